The summed E-state index contributed by atoms with van der Waals surface area (Å²) in [4.78, 5) is 58.7. The summed E-state index contributed by atoms with van der Waals surface area (Å²) in [5.74, 6) is 0.193. The van der Waals surface area contributed by atoms with Crippen LogP contribution in [0.4, 0.5) is 5.82 Å². The van der Waals surface area contributed by atoms with E-state index in [9.17, 15) is 48.3 Å². The summed E-state index contributed by atoms with van der Waals surface area (Å²) in [5.41, 5.74) is -0.887. The molecule has 24 heteroatoms. The Labute approximate surface area is 240 Å². The Morgan fingerprint density at radius 1 is 1.06 bits per heavy atom. The quantitative estimate of drug-likeness (QED) is 0.201. The minimum atomic E-state index is -6.15. The maximum Gasteiger partial charge on any atom is 1.00 e. The van der Waals surface area contributed by atoms with Crippen molar-refractivity contribution in [2.45, 2.75) is 24.5 Å². The number of aliphatic hydroxyl groups excluding tert-OH is 2. The van der Waals surface area contributed by atoms with E-state index < -0.39 is 60.3 Å². The first-order valence-electron chi connectivity index (χ1n) is 7.64. The van der Waals surface area contributed by atoms with Gasteiger partial charge in [-0.2, -0.15) is 4.98 Å². The Morgan fingerprint density at radius 3 is 2.09 bits per heavy atom. The van der Waals surface area contributed by atoms with Crippen molar-refractivity contribution in [1.29, 1.82) is 0 Å². The summed E-state index contributed by atoms with van der Waals surface area (Å²) in [5, 5.41) is 22.6. The van der Waals surface area contributed by atoms with Crippen molar-refractivity contribution in [3.05, 3.63) is 22.7 Å². The minimum absolute atomic E-state index is 0. The summed E-state index contributed by atoms with van der Waals surface area (Å²) in [7, 11) is -16.6. The second kappa shape index (κ2) is 15.7. The average Bonchev–Trinajstić information content (AvgIpc) is 2.85. The zero-order valence-electron chi connectivity index (χ0n) is 18.7. The van der Waals surface area contributed by atoms with Gasteiger partial charge >= 0.3 is 81.1 Å². The zero-order valence-corrected chi connectivity index (χ0v) is 21.4. The van der Waals surface area contributed by atoms with Crippen molar-refractivity contribution in [2.24, 2.45) is 0 Å². The Bertz CT molecular complexity index is 981. The molecule has 1 aromatic heterocycles. The molecular weight excluding hydrogens is 507 g/mol. The molecule has 0 bridgehead atoms. The van der Waals surface area contributed by atoms with E-state index in [-0.39, 0.29) is 81.3 Å². The molecule has 2 heterocycles. The van der Waals surface area contributed by atoms with E-state index in [1.165, 1.54) is 19.3 Å². The van der Waals surface area contributed by atoms with Crippen LogP contribution in [0, 0.1) is 0 Å². The van der Waals surface area contributed by atoms with E-state index in [1.54, 1.807) is 0 Å². The van der Waals surface area contributed by atoms with Crippen LogP contribution in [0.25, 0.3) is 0 Å². The van der Waals surface area contributed by atoms with Crippen LogP contribution in [0.2, 0.25) is 0 Å². The van der Waals surface area contributed by atoms with Crippen LogP contribution >= 0.6 is 23.5 Å². The summed E-state index contributed by atoms with van der Waals surface area (Å²) < 4.78 is 49.4. The van der Waals surface area contributed by atoms with Gasteiger partial charge in [-0.25, -0.2) is 9.11 Å². The number of rotatable bonds is 9. The van der Waals surface area contributed by atoms with Gasteiger partial charge in [-0.1, -0.05) is 0 Å². The predicted molar refractivity (Wildman–Crippen MR) is 84.9 cm³/mol. The van der Waals surface area contributed by atoms with Crippen LogP contribution in [0.3, 0.4) is 0 Å². The van der Waals surface area contributed by atoms with Gasteiger partial charge in [-0.3, -0.25) is 18.0 Å². The van der Waals surface area contributed by atoms with Crippen LogP contribution in [0.15, 0.2) is 17.1 Å². The minimum Gasteiger partial charge on any atom is -0.790 e. The molecule has 0 aromatic carbocycles. The number of aliphatic hydroxyl groups is 2. The fourth-order valence-corrected chi connectivity index (χ4v) is 5.16. The molecule has 17 nitrogen and oxygen atoms in total. The Morgan fingerprint density at radius 2 is 1.62 bits per heavy atom. The fourth-order valence-electron chi connectivity index (χ4n) is 2.29. The molecule has 1 aliphatic rings. The molecule has 1 aromatic rings. The monoisotopic (exact) mass is 521 g/mol. The van der Waals surface area contributed by atoms with Crippen LogP contribution in [-0.4, -0.2) is 51.7 Å². The summed E-state index contributed by atoms with van der Waals surface area (Å²) in [6.07, 6.45) is -5.49. The molecular formula is C10H14Li4N3O14P3. The van der Waals surface area contributed by atoms with E-state index in [4.69, 9.17) is 4.74 Å². The van der Waals surface area contributed by atoms with Gasteiger partial charge < -0.3 is 48.9 Å². The van der Waals surface area contributed by atoms with E-state index in [0.29, 0.717) is 0 Å². The first-order valence-corrected chi connectivity index (χ1v) is 12.0. The summed E-state index contributed by atoms with van der Waals surface area (Å²) in [6.45, 7) is -1.13. The number of hydrogen-bond acceptors (Lipinski definition) is 16. The Kier molecular flexibility index (Phi) is 18.4. The summed E-state index contributed by atoms with van der Waals surface area (Å²) >= 11 is 0. The van der Waals surface area contributed by atoms with Crippen molar-refractivity contribution in [1.82, 2.24) is 9.55 Å². The normalized spacial score (nSPS) is 25.3. The standard InChI is InChI=1S/C10H18N3O14P3.4Li/c1-11-6-2-3-13(10(16)12-6)9-8(15)7(14)5(25-9)4-24-29(20,21)27-30(22,23)26-28(17,18)19;;;;/h2-3,5,7-9,14-15H,4H2,1H3,(H,20,21)(H,22,23)(H,11,12,16)(H2,17,18,19);;;;/q;4*+1/p-4. The molecule has 0 amide bonds. The molecule has 1 fully saturated rings. The van der Waals surface area contributed by atoms with Crippen LogP contribution in [-0.2, 0) is 31.6 Å². The van der Waals surface area contributed by atoms with Gasteiger partial charge in [0.25, 0.3) is 15.6 Å². The van der Waals surface area contributed by atoms with Gasteiger partial charge in [0.15, 0.2) is 6.23 Å². The number of aromatic nitrogens is 2. The predicted octanol–water partition coefficient (Wildman–Crippen LogP) is -16.3. The number of phosphoric ester groups is 1. The first-order chi connectivity index (χ1) is 13.6. The molecule has 0 saturated carbocycles. The molecule has 0 radical (unpaired) electrons. The van der Waals surface area contributed by atoms with Crippen molar-refractivity contribution in [3.8, 4) is 0 Å². The number of phosphoric acid groups is 3. The van der Waals surface area contributed by atoms with Gasteiger partial charge in [-0.15, -0.1) is 0 Å². The maximum atomic E-state index is 12.0. The smallest absolute Gasteiger partial charge is 0.790 e. The van der Waals surface area contributed by atoms with Crippen LogP contribution in [0.5, 0.6) is 0 Å². The van der Waals surface area contributed by atoms with Gasteiger partial charge in [0, 0.05) is 13.2 Å². The molecule has 3 N–H and O–H groups in total. The first kappa shape index (κ1) is 39.9. The van der Waals surface area contributed by atoms with Crippen molar-refractivity contribution >= 4 is 29.3 Å². The van der Waals surface area contributed by atoms with E-state index in [1.807, 2.05) is 0 Å². The third-order valence-corrected chi connectivity index (χ3v) is 7.16. The molecule has 2 rings (SSSR count). The fraction of sp³-hybridized carbons (Fsp3) is 0.600. The molecule has 1 aliphatic heterocycles. The maximum absolute atomic E-state index is 12.0. The number of nitrogens with zero attached hydrogens (tertiary/aromatic N) is 2. The largest absolute Gasteiger partial charge is 1.00 e. The molecule has 1 saturated heterocycles. The SMILES string of the molecule is CNc1ccn(C2OC(COP(=O)([O-])OP(=O)([O-])OP(=O)([O-])[O-])C(O)C2O)c(=O)n1.[Li+].[Li+].[Li+].[Li+]. The van der Waals surface area contributed by atoms with Crippen molar-refractivity contribution in [3.63, 3.8) is 0 Å². The third kappa shape index (κ3) is 11.8. The van der Waals surface area contributed by atoms with E-state index >= 15 is 0 Å². The van der Waals surface area contributed by atoms with Gasteiger partial charge in [0.05, 0.1) is 14.4 Å². The molecule has 6 unspecified atom stereocenters. The van der Waals surface area contributed by atoms with Gasteiger partial charge in [-0.05, 0) is 6.07 Å². The Hall–Kier alpha value is 1.36. The molecule has 34 heavy (non-hydrogen) atoms. The zero-order chi connectivity index (χ0) is 22.9. The average molecular weight is 521 g/mol. The van der Waals surface area contributed by atoms with Gasteiger partial charge in [0.1, 0.15) is 24.1 Å². The van der Waals surface area contributed by atoms with Crippen molar-refractivity contribution in [2.75, 3.05) is 19.0 Å². The van der Waals surface area contributed by atoms with E-state index in [0.717, 1.165) is 4.57 Å². The van der Waals surface area contributed by atoms with Crippen molar-refractivity contribution < 1.29 is 137 Å². The Balaban J connectivity index is -0.00000240. The van der Waals surface area contributed by atoms with Crippen LogP contribution in [0.1, 0.15) is 6.23 Å². The number of anilines is 1. The molecule has 172 valence electrons. The number of hydrogen-bond donors (Lipinski definition) is 3. The number of nitrogens with one attached hydrogen (secondary N) is 1. The van der Waals surface area contributed by atoms with Crippen LogP contribution < -0.4 is 106 Å². The number of ether oxygens (including phenoxy) is 1. The topological polar surface area (TPSA) is 268 Å². The van der Waals surface area contributed by atoms with E-state index in [2.05, 4.69) is 23.4 Å². The molecule has 6 atom stereocenters. The second-order valence-electron chi connectivity index (χ2n) is 5.60. The van der Waals surface area contributed by atoms with Gasteiger partial charge in [0.2, 0.25) is 0 Å². The molecule has 0 spiro atoms. The third-order valence-electron chi connectivity index (χ3n) is 3.49. The summed E-state index contributed by atoms with van der Waals surface area (Å²) in [6, 6.07) is 1.34. The second-order valence-corrected chi connectivity index (χ2v) is 9.85. The molecule has 0 aliphatic carbocycles.